The Balaban J connectivity index is 1.66. The van der Waals surface area contributed by atoms with E-state index in [1.807, 2.05) is 31.3 Å². The Hall–Kier alpha value is -2.31. The molecule has 0 saturated carbocycles. The number of hydrogen-bond donors (Lipinski definition) is 0. The standard InChI is InChI=1S/C21H22ClN5S/c1-14(2)20-24-25-21(26(20)3)28-13-19-23-17-11-16(22)9-10-18(17)27(19)12-15-7-5-4-6-8-15/h4-11,14H,12-13H2,1-3H3. The summed E-state index contributed by atoms with van der Waals surface area (Å²) in [6.07, 6.45) is 0. The zero-order valence-electron chi connectivity index (χ0n) is 16.1. The van der Waals surface area contributed by atoms with Gasteiger partial charge in [0.05, 0.1) is 16.8 Å². The number of rotatable bonds is 6. The highest BCUT2D eigenvalue weighted by Gasteiger charge is 2.16. The molecule has 0 radical (unpaired) electrons. The monoisotopic (exact) mass is 411 g/mol. The quantitative estimate of drug-likeness (QED) is 0.405. The third-order valence-electron chi connectivity index (χ3n) is 4.69. The third-order valence-corrected chi connectivity index (χ3v) is 5.94. The lowest BCUT2D eigenvalue weighted by Crippen LogP contribution is -2.05. The highest BCUT2D eigenvalue weighted by molar-refractivity contribution is 7.98. The molecule has 7 heteroatoms. The summed E-state index contributed by atoms with van der Waals surface area (Å²) in [5.41, 5.74) is 3.24. The normalized spacial score (nSPS) is 11.6. The van der Waals surface area contributed by atoms with Crippen molar-refractivity contribution in [2.75, 3.05) is 0 Å². The van der Waals surface area contributed by atoms with Gasteiger partial charge in [-0.25, -0.2) is 4.98 Å². The number of halogens is 1. The molecule has 0 bridgehead atoms. The minimum absolute atomic E-state index is 0.344. The van der Waals surface area contributed by atoms with Crippen LogP contribution in [0.1, 0.15) is 37.0 Å². The molecule has 0 fully saturated rings. The van der Waals surface area contributed by atoms with E-state index in [2.05, 4.69) is 57.4 Å². The Morgan fingerprint density at radius 1 is 1.07 bits per heavy atom. The lowest BCUT2D eigenvalue weighted by Gasteiger charge is -2.10. The summed E-state index contributed by atoms with van der Waals surface area (Å²) in [6, 6.07) is 16.3. The Morgan fingerprint density at radius 2 is 1.86 bits per heavy atom. The van der Waals surface area contributed by atoms with Crippen LogP contribution in [0.3, 0.4) is 0 Å². The SMILES string of the molecule is CC(C)c1nnc(SCc2nc3cc(Cl)ccc3n2Cc2ccccc2)n1C. The highest BCUT2D eigenvalue weighted by Crippen LogP contribution is 2.27. The number of aromatic nitrogens is 5. The number of benzene rings is 2. The van der Waals surface area contributed by atoms with Gasteiger partial charge in [-0.3, -0.25) is 0 Å². The Bertz CT molecular complexity index is 1100. The van der Waals surface area contributed by atoms with E-state index in [1.54, 1.807) is 11.8 Å². The van der Waals surface area contributed by atoms with Crippen molar-refractivity contribution in [3.63, 3.8) is 0 Å². The van der Waals surface area contributed by atoms with Gasteiger partial charge in [0.1, 0.15) is 11.6 Å². The van der Waals surface area contributed by atoms with Crippen LogP contribution >= 0.6 is 23.4 Å². The second-order valence-electron chi connectivity index (χ2n) is 7.08. The molecule has 0 aliphatic carbocycles. The molecule has 0 amide bonds. The molecule has 144 valence electrons. The first-order chi connectivity index (χ1) is 13.5. The van der Waals surface area contributed by atoms with Crippen LogP contribution in [0, 0.1) is 0 Å². The van der Waals surface area contributed by atoms with Crippen LogP contribution < -0.4 is 0 Å². The van der Waals surface area contributed by atoms with Gasteiger partial charge in [-0.1, -0.05) is 67.5 Å². The van der Waals surface area contributed by atoms with Crippen LogP contribution in [0.4, 0.5) is 0 Å². The fourth-order valence-electron chi connectivity index (χ4n) is 3.29. The third kappa shape index (κ3) is 3.80. The van der Waals surface area contributed by atoms with Gasteiger partial charge in [-0.05, 0) is 23.8 Å². The van der Waals surface area contributed by atoms with E-state index >= 15 is 0 Å². The van der Waals surface area contributed by atoms with Crippen molar-refractivity contribution in [2.45, 2.75) is 37.2 Å². The fourth-order valence-corrected chi connectivity index (χ4v) is 4.32. The van der Waals surface area contributed by atoms with Crippen LogP contribution in [0.2, 0.25) is 5.02 Å². The predicted molar refractivity (Wildman–Crippen MR) is 115 cm³/mol. The van der Waals surface area contributed by atoms with Gasteiger partial charge in [0, 0.05) is 24.5 Å². The lowest BCUT2D eigenvalue weighted by atomic mass is 10.2. The molecule has 0 aliphatic heterocycles. The minimum atomic E-state index is 0.344. The molecular formula is C21H22ClN5S. The Morgan fingerprint density at radius 3 is 2.57 bits per heavy atom. The van der Waals surface area contributed by atoms with Crippen LogP contribution in [-0.4, -0.2) is 24.3 Å². The molecule has 0 aliphatic rings. The zero-order chi connectivity index (χ0) is 19.7. The molecule has 0 spiro atoms. The van der Waals surface area contributed by atoms with E-state index < -0.39 is 0 Å². The van der Waals surface area contributed by atoms with Gasteiger partial charge in [0.2, 0.25) is 0 Å². The van der Waals surface area contributed by atoms with Crippen LogP contribution in [-0.2, 0) is 19.3 Å². The van der Waals surface area contributed by atoms with E-state index in [-0.39, 0.29) is 0 Å². The van der Waals surface area contributed by atoms with Crippen molar-refractivity contribution >= 4 is 34.4 Å². The molecule has 2 heterocycles. The summed E-state index contributed by atoms with van der Waals surface area (Å²) in [5, 5.41) is 10.3. The first kappa shape index (κ1) is 19.0. The molecular weight excluding hydrogens is 390 g/mol. The van der Waals surface area contributed by atoms with E-state index in [0.717, 1.165) is 34.4 Å². The van der Waals surface area contributed by atoms with Crippen molar-refractivity contribution in [3.05, 3.63) is 70.8 Å². The van der Waals surface area contributed by atoms with Gasteiger partial charge in [0.15, 0.2) is 5.16 Å². The minimum Gasteiger partial charge on any atom is -0.323 e. The summed E-state index contributed by atoms with van der Waals surface area (Å²) in [4.78, 5) is 4.86. The summed E-state index contributed by atoms with van der Waals surface area (Å²) in [6.45, 7) is 5.02. The second kappa shape index (κ2) is 7.97. The van der Waals surface area contributed by atoms with E-state index in [1.165, 1.54) is 5.56 Å². The first-order valence-electron chi connectivity index (χ1n) is 9.23. The molecule has 2 aromatic carbocycles. The average molecular weight is 412 g/mol. The van der Waals surface area contributed by atoms with Crippen molar-refractivity contribution < 1.29 is 0 Å². The van der Waals surface area contributed by atoms with E-state index in [0.29, 0.717) is 16.7 Å². The molecule has 5 nitrogen and oxygen atoms in total. The highest BCUT2D eigenvalue weighted by atomic mass is 35.5. The molecule has 0 saturated heterocycles. The Labute approximate surface area is 173 Å². The first-order valence-corrected chi connectivity index (χ1v) is 10.6. The average Bonchev–Trinajstić information content (AvgIpc) is 3.21. The molecule has 0 atom stereocenters. The smallest absolute Gasteiger partial charge is 0.191 e. The van der Waals surface area contributed by atoms with E-state index in [4.69, 9.17) is 16.6 Å². The molecule has 2 aromatic heterocycles. The van der Waals surface area contributed by atoms with Crippen molar-refractivity contribution in [1.29, 1.82) is 0 Å². The Kier molecular flexibility index (Phi) is 5.42. The van der Waals surface area contributed by atoms with Gasteiger partial charge >= 0.3 is 0 Å². The number of fused-ring (bicyclic) bond motifs is 1. The number of nitrogens with zero attached hydrogens (tertiary/aromatic N) is 5. The maximum atomic E-state index is 6.19. The molecule has 4 rings (SSSR count). The molecule has 0 N–H and O–H groups in total. The fraction of sp³-hybridized carbons (Fsp3) is 0.286. The van der Waals surface area contributed by atoms with Gasteiger partial charge < -0.3 is 9.13 Å². The maximum absolute atomic E-state index is 6.19. The van der Waals surface area contributed by atoms with Crippen LogP contribution in [0.15, 0.2) is 53.7 Å². The lowest BCUT2D eigenvalue weighted by molar-refractivity contribution is 0.679. The molecule has 0 unspecified atom stereocenters. The van der Waals surface area contributed by atoms with Gasteiger partial charge in [0.25, 0.3) is 0 Å². The van der Waals surface area contributed by atoms with Crippen LogP contribution in [0.25, 0.3) is 11.0 Å². The van der Waals surface area contributed by atoms with Gasteiger partial charge in [-0.15, -0.1) is 10.2 Å². The van der Waals surface area contributed by atoms with E-state index in [9.17, 15) is 0 Å². The number of hydrogen-bond acceptors (Lipinski definition) is 4. The van der Waals surface area contributed by atoms with Gasteiger partial charge in [-0.2, -0.15) is 0 Å². The summed E-state index contributed by atoms with van der Waals surface area (Å²) >= 11 is 7.85. The van der Waals surface area contributed by atoms with Crippen molar-refractivity contribution in [1.82, 2.24) is 24.3 Å². The predicted octanol–water partition coefficient (Wildman–Crippen LogP) is 5.28. The summed E-state index contributed by atoms with van der Waals surface area (Å²) in [5.74, 6) is 3.05. The largest absolute Gasteiger partial charge is 0.323 e. The van der Waals surface area contributed by atoms with Crippen molar-refractivity contribution in [2.24, 2.45) is 7.05 Å². The summed E-state index contributed by atoms with van der Waals surface area (Å²) < 4.78 is 4.32. The maximum Gasteiger partial charge on any atom is 0.191 e. The number of thioether (sulfide) groups is 1. The number of imidazole rings is 1. The van der Waals surface area contributed by atoms with Crippen molar-refractivity contribution in [3.8, 4) is 0 Å². The summed E-state index contributed by atoms with van der Waals surface area (Å²) in [7, 11) is 2.02. The topological polar surface area (TPSA) is 48.5 Å². The second-order valence-corrected chi connectivity index (χ2v) is 8.45. The zero-order valence-corrected chi connectivity index (χ0v) is 17.7. The molecule has 28 heavy (non-hydrogen) atoms. The van der Waals surface area contributed by atoms with Crippen LogP contribution in [0.5, 0.6) is 0 Å². The molecule has 4 aromatic rings.